The van der Waals surface area contributed by atoms with Gasteiger partial charge in [0.05, 0.1) is 0 Å². The third-order valence-electron chi connectivity index (χ3n) is 1.49. The van der Waals surface area contributed by atoms with Gasteiger partial charge in [0, 0.05) is 14.1 Å². The van der Waals surface area contributed by atoms with E-state index in [9.17, 15) is 13.2 Å². The summed E-state index contributed by atoms with van der Waals surface area (Å²) in [4.78, 5) is 0. The van der Waals surface area contributed by atoms with Crippen LogP contribution in [0.5, 0.6) is 0 Å². The number of nitrogens with zero attached hydrogens (tertiary/aromatic N) is 2. The second kappa shape index (κ2) is 2.16. The highest BCUT2D eigenvalue weighted by Gasteiger charge is 2.35. The highest BCUT2D eigenvalue weighted by molar-refractivity contribution is 5.08. The summed E-state index contributed by atoms with van der Waals surface area (Å²) in [6.45, 7) is 0. The van der Waals surface area contributed by atoms with Gasteiger partial charge in [0.2, 0.25) is 18.1 Å². The first-order valence-corrected chi connectivity index (χ1v) is 2.71. The number of rotatable bonds is 0. The van der Waals surface area contributed by atoms with Crippen molar-refractivity contribution in [3.8, 4) is 0 Å². The Morgan fingerprint density at radius 3 is 1.90 bits per heavy atom. The van der Waals surface area contributed by atoms with Gasteiger partial charge in [-0.05, 0) is 0 Å². The van der Waals surface area contributed by atoms with Crippen LogP contribution in [0.25, 0.3) is 0 Å². The lowest BCUT2D eigenvalue weighted by Crippen LogP contribution is -2.33. The topological polar surface area (TPSA) is 6.48 Å². The minimum atomic E-state index is -1.97. The van der Waals surface area contributed by atoms with Crippen molar-refractivity contribution >= 4 is 0 Å². The standard InChI is InChI=1S/C5H7F3N2/c1-9-4(7)3(6)5(8)10(9)2/h4H,1-2H3. The van der Waals surface area contributed by atoms with Crippen molar-refractivity contribution in [3.63, 3.8) is 0 Å². The van der Waals surface area contributed by atoms with Gasteiger partial charge >= 0.3 is 0 Å². The van der Waals surface area contributed by atoms with Crippen LogP contribution in [0.3, 0.4) is 0 Å². The van der Waals surface area contributed by atoms with E-state index in [0.29, 0.717) is 0 Å². The summed E-state index contributed by atoms with van der Waals surface area (Å²) in [6, 6.07) is 0. The van der Waals surface area contributed by atoms with E-state index in [2.05, 4.69) is 0 Å². The third-order valence-corrected chi connectivity index (χ3v) is 1.49. The van der Waals surface area contributed by atoms with E-state index in [4.69, 9.17) is 0 Å². The molecular weight excluding hydrogens is 145 g/mol. The Labute approximate surface area is 56.5 Å². The molecule has 1 unspecified atom stereocenters. The van der Waals surface area contributed by atoms with E-state index in [0.717, 1.165) is 10.0 Å². The summed E-state index contributed by atoms with van der Waals surface area (Å²) in [5.74, 6) is -2.51. The van der Waals surface area contributed by atoms with Crippen molar-refractivity contribution < 1.29 is 13.2 Å². The molecule has 1 heterocycles. The predicted octanol–water partition coefficient (Wildman–Crippen LogP) is 1.18. The maximum atomic E-state index is 12.4. The predicted molar refractivity (Wildman–Crippen MR) is 29.7 cm³/mol. The molecule has 0 aromatic heterocycles. The number of alkyl halides is 1. The summed E-state index contributed by atoms with van der Waals surface area (Å²) in [7, 11) is 2.51. The Kier molecular flexibility index (Phi) is 1.60. The lowest BCUT2D eigenvalue weighted by atomic mass is 10.5. The molecule has 0 fully saturated rings. The zero-order valence-electron chi connectivity index (χ0n) is 5.61. The van der Waals surface area contributed by atoms with Gasteiger partial charge in [-0.1, -0.05) is 0 Å². The van der Waals surface area contributed by atoms with E-state index >= 15 is 0 Å². The fourth-order valence-electron chi connectivity index (χ4n) is 0.707. The smallest absolute Gasteiger partial charge is 0.240 e. The van der Waals surface area contributed by atoms with Crippen molar-refractivity contribution in [2.45, 2.75) is 6.30 Å². The van der Waals surface area contributed by atoms with E-state index in [1.165, 1.54) is 14.1 Å². The molecule has 1 rings (SSSR count). The molecule has 1 aliphatic rings. The van der Waals surface area contributed by atoms with Crippen LogP contribution in [0, 0.1) is 0 Å². The maximum Gasteiger partial charge on any atom is 0.240 e. The monoisotopic (exact) mass is 152 g/mol. The molecule has 0 aromatic carbocycles. The normalized spacial score (nSPS) is 28.5. The number of hydrogen-bond acceptors (Lipinski definition) is 2. The van der Waals surface area contributed by atoms with Crippen LogP contribution >= 0.6 is 0 Å². The Balaban J connectivity index is 2.88. The van der Waals surface area contributed by atoms with E-state index in [-0.39, 0.29) is 0 Å². The molecule has 1 aliphatic heterocycles. The first kappa shape index (κ1) is 7.40. The lowest BCUT2D eigenvalue weighted by molar-refractivity contribution is -0.0113. The molecule has 0 spiro atoms. The molecule has 58 valence electrons. The summed E-state index contributed by atoms with van der Waals surface area (Å²) >= 11 is 0. The average Bonchev–Trinajstić information content (AvgIpc) is 2.07. The number of likely N-dealkylation sites (N-methyl/N-ethyl adjacent to an activating group) is 1. The Morgan fingerprint density at radius 2 is 1.80 bits per heavy atom. The summed E-state index contributed by atoms with van der Waals surface area (Å²) < 4.78 is 37.0. The first-order chi connectivity index (χ1) is 4.55. The molecule has 0 N–H and O–H groups in total. The van der Waals surface area contributed by atoms with Crippen molar-refractivity contribution in [3.05, 3.63) is 11.8 Å². The van der Waals surface area contributed by atoms with Crippen LogP contribution in [0.1, 0.15) is 0 Å². The highest BCUT2D eigenvalue weighted by atomic mass is 19.2. The van der Waals surface area contributed by atoms with Crippen LogP contribution in [0.2, 0.25) is 0 Å². The zero-order valence-corrected chi connectivity index (χ0v) is 5.61. The number of hydrazine groups is 1. The molecular formula is C5H7F3N2. The summed E-state index contributed by atoms with van der Waals surface area (Å²) in [6.07, 6.45) is -1.97. The van der Waals surface area contributed by atoms with Gasteiger partial charge in [-0.25, -0.2) is 8.78 Å². The molecule has 5 heteroatoms. The lowest BCUT2D eigenvalue weighted by Gasteiger charge is -2.21. The van der Waals surface area contributed by atoms with Gasteiger partial charge in [0.1, 0.15) is 0 Å². The van der Waals surface area contributed by atoms with Gasteiger partial charge in [-0.15, -0.1) is 0 Å². The van der Waals surface area contributed by atoms with Crippen LogP contribution in [-0.4, -0.2) is 30.4 Å². The van der Waals surface area contributed by atoms with Crippen molar-refractivity contribution in [1.29, 1.82) is 0 Å². The van der Waals surface area contributed by atoms with Gasteiger partial charge in [0.15, 0.2) is 0 Å². The third kappa shape index (κ3) is 0.775. The minimum absolute atomic E-state index is 0.778. The van der Waals surface area contributed by atoms with Crippen LogP contribution in [-0.2, 0) is 0 Å². The molecule has 10 heavy (non-hydrogen) atoms. The molecule has 0 radical (unpaired) electrons. The molecule has 0 amide bonds. The van der Waals surface area contributed by atoms with Gasteiger partial charge in [0.25, 0.3) is 0 Å². The van der Waals surface area contributed by atoms with Crippen LogP contribution in [0.15, 0.2) is 11.8 Å². The fraction of sp³-hybridized carbons (Fsp3) is 0.600. The number of hydrogen-bond donors (Lipinski definition) is 0. The second-order valence-electron chi connectivity index (χ2n) is 2.07. The molecule has 2 nitrogen and oxygen atoms in total. The Bertz CT molecular complexity index is 162. The average molecular weight is 152 g/mol. The Hall–Kier alpha value is -0.710. The summed E-state index contributed by atoms with van der Waals surface area (Å²) in [5, 5.41) is 1.60. The molecule has 0 saturated heterocycles. The fourth-order valence-corrected chi connectivity index (χ4v) is 0.707. The molecule has 0 aliphatic carbocycles. The molecule has 0 bridgehead atoms. The molecule has 0 aromatic rings. The molecule has 1 atom stereocenters. The maximum absolute atomic E-state index is 12.4. The molecule has 0 saturated carbocycles. The van der Waals surface area contributed by atoms with E-state index < -0.39 is 18.1 Å². The van der Waals surface area contributed by atoms with Crippen molar-refractivity contribution in [1.82, 2.24) is 10.0 Å². The second-order valence-corrected chi connectivity index (χ2v) is 2.07. The van der Waals surface area contributed by atoms with Gasteiger partial charge < -0.3 is 0 Å². The largest absolute Gasteiger partial charge is 0.279 e. The minimum Gasteiger partial charge on any atom is -0.279 e. The van der Waals surface area contributed by atoms with Crippen molar-refractivity contribution in [2.24, 2.45) is 0 Å². The Morgan fingerprint density at radius 1 is 1.30 bits per heavy atom. The zero-order chi connectivity index (χ0) is 7.89. The van der Waals surface area contributed by atoms with E-state index in [1.54, 1.807) is 0 Å². The van der Waals surface area contributed by atoms with Crippen LogP contribution < -0.4 is 0 Å². The summed E-state index contributed by atoms with van der Waals surface area (Å²) in [5.41, 5.74) is 0. The quantitative estimate of drug-likeness (QED) is 0.481. The van der Waals surface area contributed by atoms with E-state index in [1.807, 2.05) is 0 Å². The SMILES string of the molecule is CN1C(F)=C(F)C(F)N1C. The first-order valence-electron chi connectivity index (χ1n) is 2.71. The van der Waals surface area contributed by atoms with Crippen molar-refractivity contribution in [2.75, 3.05) is 14.1 Å². The van der Waals surface area contributed by atoms with Gasteiger partial charge in [-0.2, -0.15) is 9.40 Å². The number of halogens is 3. The van der Waals surface area contributed by atoms with Crippen LogP contribution in [0.4, 0.5) is 13.2 Å². The highest BCUT2D eigenvalue weighted by Crippen LogP contribution is 2.28. The van der Waals surface area contributed by atoms with Gasteiger partial charge in [-0.3, -0.25) is 5.01 Å².